The van der Waals surface area contributed by atoms with Crippen molar-refractivity contribution in [2.24, 2.45) is 11.1 Å². The first-order valence-electron chi connectivity index (χ1n) is 6.17. The van der Waals surface area contributed by atoms with Crippen LogP contribution in [-0.4, -0.2) is 21.1 Å². The van der Waals surface area contributed by atoms with Gasteiger partial charge in [-0.2, -0.15) is 5.10 Å². The van der Waals surface area contributed by atoms with Crippen LogP contribution in [0.15, 0.2) is 12.4 Å². The molecule has 5 nitrogen and oxygen atoms in total. The second kappa shape index (κ2) is 6.49. The van der Waals surface area contributed by atoms with Gasteiger partial charge in [-0.05, 0) is 12.8 Å². The summed E-state index contributed by atoms with van der Waals surface area (Å²) >= 11 is 5.13. The van der Waals surface area contributed by atoms with Gasteiger partial charge in [-0.15, -0.1) is 0 Å². The fourth-order valence-electron chi connectivity index (χ4n) is 2.13. The number of aromatic amines is 1. The molecule has 0 spiro atoms. The number of carbonyl (C=O) groups is 1. The molecular formula is C12H20N4OS. The third-order valence-corrected chi connectivity index (χ3v) is 3.41. The lowest BCUT2D eigenvalue weighted by atomic mass is 9.78. The molecule has 0 bridgehead atoms. The quantitative estimate of drug-likeness (QED) is 0.662. The number of nitrogens with zero attached hydrogens (tertiary/aromatic N) is 1. The third kappa shape index (κ3) is 3.07. The maximum atomic E-state index is 12.4. The molecule has 1 heterocycles. The van der Waals surface area contributed by atoms with Crippen molar-refractivity contribution in [2.45, 2.75) is 39.5 Å². The molecule has 0 aromatic carbocycles. The maximum Gasteiger partial charge on any atom is 0.237 e. The average Bonchev–Trinajstić information content (AvgIpc) is 2.80. The minimum atomic E-state index is -0.754. The summed E-state index contributed by atoms with van der Waals surface area (Å²) in [4.78, 5) is 12.7. The predicted octanol–water partition coefficient (Wildman–Crippen LogP) is 2.22. The number of aromatic nitrogens is 2. The van der Waals surface area contributed by atoms with Crippen LogP contribution in [0.3, 0.4) is 0 Å². The van der Waals surface area contributed by atoms with Crippen LogP contribution in [0.2, 0.25) is 0 Å². The van der Waals surface area contributed by atoms with Crippen molar-refractivity contribution < 1.29 is 4.79 Å². The lowest BCUT2D eigenvalue weighted by Gasteiger charge is -2.30. The topological polar surface area (TPSA) is 83.8 Å². The Bertz CT molecular complexity index is 396. The van der Waals surface area contributed by atoms with Gasteiger partial charge >= 0.3 is 0 Å². The molecule has 0 aliphatic heterocycles. The smallest absolute Gasteiger partial charge is 0.237 e. The standard InChI is InChI=1S/C12H20N4OS/c1-3-5-12(6-4-2,10(13)18)11(17)16-9-7-14-15-8-9/h7-8H,3-6H2,1-2H3,(H2,13,18)(H,14,15)(H,16,17). The van der Waals surface area contributed by atoms with E-state index in [1.54, 1.807) is 12.4 Å². The van der Waals surface area contributed by atoms with E-state index in [9.17, 15) is 4.79 Å². The zero-order valence-corrected chi connectivity index (χ0v) is 11.6. The van der Waals surface area contributed by atoms with Crippen LogP contribution in [0.25, 0.3) is 0 Å². The molecular weight excluding hydrogens is 248 g/mol. The van der Waals surface area contributed by atoms with E-state index in [1.165, 1.54) is 0 Å². The summed E-state index contributed by atoms with van der Waals surface area (Å²) in [5.74, 6) is -0.139. The monoisotopic (exact) mass is 268 g/mol. The zero-order chi connectivity index (χ0) is 13.6. The Hall–Kier alpha value is -1.43. The van der Waals surface area contributed by atoms with E-state index in [0.29, 0.717) is 18.5 Å². The number of thiocarbonyl (C=S) groups is 1. The van der Waals surface area contributed by atoms with Gasteiger partial charge in [0.1, 0.15) is 0 Å². The van der Waals surface area contributed by atoms with Crippen molar-refractivity contribution in [1.82, 2.24) is 10.2 Å². The summed E-state index contributed by atoms with van der Waals surface area (Å²) < 4.78 is 0. The van der Waals surface area contributed by atoms with Crippen LogP contribution in [0, 0.1) is 5.41 Å². The summed E-state index contributed by atoms with van der Waals surface area (Å²) in [7, 11) is 0. The first kappa shape index (κ1) is 14.6. The van der Waals surface area contributed by atoms with Crippen molar-refractivity contribution in [3.05, 3.63) is 12.4 Å². The van der Waals surface area contributed by atoms with Crippen LogP contribution in [0.1, 0.15) is 39.5 Å². The molecule has 1 rings (SSSR count). The van der Waals surface area contributed by atoms with E-state index in [1.807, 2.05) is 13.8 Å². The van der Waals surface area contributed by atoms with Gasteiger partial charge in [-0.1, -0.05) is 38.9 Å². The Kier molecular flexibility index (Phi) is 5.27. The average molecular weight is 268 g/mol. The molecule has 6 heteroatoms. The first-order valence-corrected chi connectivity index (χ1v) is 6.57. The minimum Gasteiger partial charge on any atom is -0.392 e. The molecule has 0 aliphatic rings. The molecule has 0 saturated heterocycles. The molecule has 18 heavy (non-hydrogen) atoms. The van der Waals surface area contributed by atoms with E-state index >= 15 is 0 Å². The third-order valence-electron chi connectivity index (χ3n) is 3.02. The van der Waals surface area contributed by atoms with Crippen LogP contribution < -0.4 is 11.1 Å². The molecule has 100 valence electrons. The van der Waals surface area contributed by atoms with Gasteiger partial charge in [0.2, 0.25) is 5.91 Å². The van der Waals surface area contributed by atoms with Crippen molar-refractivity contribution in [3.8, 4) is 0 Å². The van der Waals surface area contributed by atoms with Gasteiger partial charge in [0.15, 0.2) is 0 Å². The lowest BCUT2D eigenvalue weighted by molar-refractivity contribution is -0.122. The Morgan fingerprint density at radius 1 is 1.50 bits per heavy atom. The number of H-pyrrole nitrogens is 1. The fourth-order valence-corrected chi connectivity index (χ4v) is 2.43. The molecule has 0 saturated carbocycles. The minimum absolute atomic E-state index is 0.139. The molecule has 0 radical (unpaired) electrons. The molecule has 0 aliphatic carbocycles. The highest BCUT2D eigenvalue weighted by molar-refractivity contribution is 7.80. The summed E-state index contributed by atoms with van der Waals surface area (Å²) in [6.45, 7) is 4.04. The Labute approximate surface area is 113 Å². The first-order chi connectivity index (χ1) is 8.56. The summed E-state index contributed by atoms with van der Waals surface area (Å²) in [5.41, 5.74) is 5.70. The van der Waals surface area contributed by atoms with E-state index < -0.39 is 5.41 Å². The SMILES string of the molecule is CCCC(CCC)(C(=O)Nc1cn[nH]c1)C(N)=S. The van der Waals surface area contributed by atoms with Crippen LogP contribution in [-0.2, 0) is 4.79 Å². The van der Waals surface area contributed by atoms with Crippen LogP contribution >= 0.6 is 12.2 Å². The van der Waals surface area contributed by atoms with Gasteiger partial charge in [-0.3, -0.25) is 9.89 Å². The van der Waals surface area contributed by atoms with Gasteiger partial charge in [0.05, 0.1) is 22.3 Å². The summed E-state index contributed by atoms with van der Waals surface area (Å²) in [6.07, 6.45) is 6.23. The van der Waals surface area contributed by atoms with E-state index in [0.717, 1.165) is 12.8 Å². The van der Waals surface area contributed by atoms with Crippen molar-refractivity contribution >= 4 is 28.8 Å². The Balaban J connectivity index is 2.93. The Morgan fingerprint density at radius 3 is 2.50 bits per heavy atom. The maximum absolute atomic E-state index is 12.4. The highest BCUT2D eigenvalue weighted by atomic mass is 32.1. The molecule has 1 aromatic heterocycles. The number of hydrogen-bond donors (Lipinski definition) is 3. The number of amides is 1. The number of hydrogen-bond acceptors (Lipinski definition) is 3. The highest BCUT2D eigenvalue weighted by Crippen LogP contribution is 2.32. The number of nitrogens with one attached hydrogen (secondary N) is 2. The largest absolute Gasteiger partial charge is 0.392 e. The Morgan fingerprint density at radius 2 is 2.11 bits per heavy atom. The fraction of sp³-hybridized carbons (Fsp3) is 0.583. The van der Waals surface area contributed by atoms with Gasteiger partial charge < -0.3 is 11.1 Å². The molecule has 1 aromatic rings. The van der Waals surface area contributed by atoms with E-state index in [2.05, 4.69) is 15.5 Å². The van der Waals surface area contributed by atoms with Crippen molar-refractivity contribution in [2.75, 3.05) is 5.32 Å². The lowest BCUT2D eigenvalue weighted by Crippen LogP contribution is -2.46. The van der Waals surface area contributed by atoms with Crippen molar-refractivity contribution in [3.63, 3.8) is 0 Å². The van der Waals surface area contributed by atoms with Gasteiger partial charge in [-0.25, -0.2) is 0 Å². The molecule has 0 fully saturated rings. The normalized spacial score (nSPS) is 11.2. The summed E-state index contributed by atoms with van der Waals surface area (Å²) in [6, 6.07) is 0. The zero-order valence-electron chi connectivity index (χ0n) is 10.8. The van der Waals surface area contributed by atoms with Gasteiger partial charge in [0, 0.05) is 6.20 Å². The summed E-state index contributed by atoms with van der Waals surface area (Å²) in [5, 5.41) is 9.25. The van der Waals surface area contributed by atoms with Crippen LogP contribution in [0.5, 0.6) is 0 Å². The molecule has 0 unspecified atom stereocenters. The second-order valence-corrected chi connectivity index (χ2v) is 4.83. The highest BCUT2D eigenvalue weighted by Gasteiger charge is 2.39. The predicted molar refractivity (Wildman–Crippen MR) is 76.3 cm³/mol. The van der Waals surface area contributed by atoms with Crippen molar-refractivity contribution in [1.29, 1.82) is 0 Å². The number of anilines is 1. The van der Waals surface area contributed by atoms with Crippen LogP contribution in [0.4, 0.5) is 5.69 Å². The number of nitrogens with two attached hydrogens (primary N) is 1. The number of carbonyl (C=O) groups excluding carboxylic acids is 1. The second-order valence-electron chi connectivity index (χ2n) is 4.39. The molecule has 0 atom stereocenters. The van der Waals surface area contributed by atoms with Gasteiger partial charge in [0.25, 0.3) is 0 Å². The van der Waals surface area contributed by atoms with E-state index in [4.69, 9.17) is 18.0 Å². The van der Waals surface area contributed by atoms with E-state index in [-0.39, 0.29) is 10.9 Å². The number of rotatable bonds is 7. The molecule has 4 N–H and O–H groups in total. The molecule has 1 amide bonds.